The van der Waals surface area contributed by atoms with Crippen molar-refractivity contribution in [3.63, 3.8) is 0 Å². The summed E-state index contributed by atoms with van der Waals surface area (Å²) in [5.41, 5.74) is 2.57. The van der Waals surface area contributed by atoms with E-state index in [9.17, 15) is 10.1 Å². The van der Waals surface area contributed by atoms with Gasteiger partial charge in [-0.1, -0.05) is 22.0 Å². The SMILES string of the molecule is O=[N+]([O-])c1ccc2c(c1)C[C@H](Br)CC2. The Hall–Kier alpha value is -0.900. The van der Waals surface area contributed by atoms with Crippen LogP contribution in [0.25, 0.3) is 0 Å². The molecule has 4 heteroatoms. The van der Waals surface area contributed by atoms with Crippen molar-refractivity contribution in [1.29, 1.82) is 0 Å². The first kappa shape index (κ1) is 9.65. The van der Waals surface area contributed by atoms with Crippen LogP contribution in [-0.2, 0) is 12.8 Å². The Balaban J connectivity index is 2.37. The van der Waals surface area contributed by atoms with Crippen molar-refractivity contribution in [3.8, 4) is 0 Å². The maximum Gasteiger partial charge on any atom is 0.269 e. The van der Waals surface area contributed by atoms with Crippen LogP contribution in [0.4, 0.5) is 5.69 Å². The van der Waals surface area contributed by atoms with Gasteiger partial charge in [0, 0.05) is 17.0 Å². The first-order valence-electron chi connectivity index (χ1n) is 4.57. The molecule has 1 aliphatic carbocycles. The van der Waals surface area contributed by atoms with Gasteiger partial charge in [0.1, 0.15) is 0 Å². The molecule has 0 saturated carbocycles. The maximum absolute atomic E-state index is 10.6. The van der Waals surface area contributed by atoms with Gasteiger partial charge in [-0.15, -0.1) is 0 Å². The number of rotatable bonds is 1. The summed E-state index contributed by atoms with van der Waals surface area (Å²) in [5, 5.41) is 10.6. The molecule has 3 nitrogen and oxygen atoms in total. The molecule has 0 saturated heterocycles. The molecule has 0 N–H and O–H groups in total. The second-order valence-corrected chi connectivity index (χ2v) is 4.85. The molecule has 0 aliphatic heterocycles. The lowest BCUT2D eigenvalue weighted by molar-refractivity contribution is -0.384. The predicted molar refractivity (Wildman–Crippen MR) is 57.8 cm³/mol. The first-order chi connectivity index (χ1) is 6.66. The monoisotopic (exact) mass is 255 g/mol. The van der Waals surface area contributed by atoms with E-state index in [0.717, 1.165) is 24.8 Å². The molecule has 0 spiro atoms. The lowest BCUT2D eigenvalue weighted by Crippen LogP contribution is -2.13. The van der Waals surface area contributed by atoms with Crippen molar-refractivity contribution in [2.45, 2.75) is 24.1 Å². The third kappa shape index (κ3) is 1.80. The highest BCUT2D eigenvalue weighted by Crippen LogP contribution is 2.28. The molecule has 14 heavy (non-hydrogen) atoms. The van der Waals surface area contributed by atoms with Crippen molar-refractivity contribution in [2.75, 3.05) is 0 Å². The number of aryl methyl sites for hydroxylation is 1. The van der Waals surface area contributed by atoms with Crippen molar-refractivity contribution in [3.05, 3.63) is 39.4 Å². The van der Waals surface area contributed by atoms with E-state index < -0.39 is 0 Å². The Morgan fingerprint density at radius 1 is 1.43 bits per heavy atom. The second kappa shape index (κ2) is 3.69. The van der Waals surface area contributed by atoms with E-state index in [1.165, 1.54) is 5.56 Å². The number of nitro groups is 1. The summed E-state index contributed by atoms with van der Waals surface area (Å²) in [4.78, 5) is 10.7. The molecular weight excluding hydrogens is 246 g/mol. The van der Waals surface area contributed by atoms with Gasteiger partial charge >= 0.3 is 0 Å². The van der Waals surface area contributed by atoms with Gasteiger partial charge < -0.3 is 0 Å². The van der Waals surface area contributed by atoms with E-state index in [-0.39, 0.29) is 10.6 Å². The van der Waals surface area contributed by atoms with E-state index >= 15 is 0 Å². The Bertz CT molecular complexity index is 378. The van der Waals surface area contributed by atoms with Crippen LogP contribution < -0.4 is 0 Å². The molecule has 0 heterocycles. The van der Waals surface area contributed by atoms with E-state index in [2.05, 4.69) is 15.9 Å². The topological polar surface area (TPSA) is 43.1 Å². The van der Waals surface area contributed by atoms with Crippen LogP contribution in [-0.4, -0.2) is 9.75 Å². The highest BCUT2D eigenvalue weighted by Gasteiger charge is 2.18. The number of hydrogen-bond donors (Lipinski definition) is 0. The van der Waals surface area contributed by atoms with Crippen molar-refractivity contribution in [2.24, 2.45) is 0 Å². The Kier molecular flexibility index (Phi) is 2.54. The molecule has 1 aliphatic rings. The van der Waals surface area contributed by atoms with Crippen molar-refractivity contribution >= 4 is 21.6 Å². The lowest BCUT2D eigenvalue weighted by Gasteiger charge is -2.19. The zero-order valence-electron chi connectivity index (χ0n) is 7.57. The largest absolute Gasteiger partial charge is 0.269 e. The van der Waals surface area contributed by atoms with Gasteiger partial charge in [0.15, 0.2) is 0 Å². The molecule has 0 fully saturated rings. The number of nitrogens with zero attached hydrogens (tertiary/aromatic N) is 1. The Morgan fingerprint density at radius 2 is 2.21 bits per heavy atom. The minimum atomic E-state index is -0.335. The molecule has 1 atom stereocenters. The molecule has 1 aromatic rings. The number of hydrogen-bond acceptors (Lipinski definition) is 2. The van der Waals surface area contributed by atoms with Gasteiger partial charge in [0.2, 0.25) is 0 Å². The minimum Gasteiger partial charge on any atom is -0.258 e. The highest BCUT2D eigenvalue weighted by atomic mass is 79.9. The van der Waals surface area contributed by atoms with Crippen LogP contribution in [0.3, 0.4) is 0 Å². The summed E-state index contributed by atoms with van der Waals surface area (Å²) in [6.45, 7) is 0. The molecule has 0 aromatic heterocycles. The number of benzene rings is 1. The van der Waals surface area contributed by atoms with E-state index in [1.807, 2.05) is 6.07 Å². The molecular formula is C10H10BrNO2. The van der Waals surface area contributed by atoms with E-state index in [0.29, 0.717) is 4.83 Å². The fourth-order valence-corrected chi connectivity index (χ4v) is 2.39. The lowest BCUT2D eigenvalue weighted by atomic mass is 9.91. The van der Waals surface area contributed by atoms with Crippen LogP contribution >= 0.6 is 15.9 Å². The fourth-order valence-electron chi connectivity index (χ4n) is 1.81. The van der Waals surface area contributed by atoms with Gasteiger partial charge in [0.05, 0.1) is 4.92 Å². The van der Waals surface area contributed by atoms with Crippen LogP contribution in [0.1, 0.15) is 17.5 Å². The maximum atomic E-state index is 10.6. The standard InChI is InChI=1S/C10H10BrNO2/c11-9-3-1-7-2-4-10(12(13)14)6-8(7)5-9/h2,4,6,9H,1,3,5H2/t9-/m1/s1. The third-order valence-electron chi connectivity index (χ3n) is 2.57. The molecule has 0 radical (unpaired) electrons. The number of non-ortho nitro benzene ring substituents is 1. The number of fused-ring (bicyclic) bond motifs is 1. The van der Waals surface area contributed by atoms with Crippen LogP contribution in [0, 0.1) is 10.1 Å². The number of halogens is 1. The number of alkyl halides is 1. The molecule has 2 rings (SSSR count). The summed E-state index contributed by atoms with van der Waals surface area (Å²) in [7, 11) is 0. The van der Waals surface area contributed by atoms with Crippen LogP contribution in [0.15, 0.2) is 18.2 Å². The van der Waals surface area contributed by atoms with Gasteiger partial charge in [0.25, 0.3) is 5.69 Å². The van der Waals surface area contributed by atoms with E-state index in [4.69, 9.17) is 0 Å². The molecule has 74 valence electrons. The first-order valence-corrected chi connectivity index (χ1v) is 5.48. The third-order valence-corrected chi connectivity index (χ3v) is 3.35. The Morgan fingerprint density at radius 3 is 2.93 bits per heavy atom. The number of nitro benzene ring substituents is 1. The highest BCUT2D eigenvalue weighted by molar-refractivity contribution is 9.09. The average Bonchev–Trinajstić information content (AvgIpc) is 2.16. The van der Waals surface area contributed by atoms with Gasteiger partial charge in [-0.3, -0.25) is 10.1 Å². The van der Waals surface area contributed by atoms with Crippen LogP contribution in [0.5, 0.6) is 0 Å². The summed E-state index contributed by atoms with van der Waals surface area (Å²) in [6.07, 6.45) is 3.03. The molecule has 0 unspecified atom stereocenters. The van der Waals surface area contributed by atoms with Crippen molar-refractivity contribution < 1.29 is 4.92 Å². The molecule has 1 aromatic carbocycles. The quantitative estimate of drug-likeness (QED) is 0.440. The molecule has 0 bridgehead atoms. The summed E-state index contributed by atoms with van der Waals surface area (Å²) < 4.78 is 0. The average molecular weight is 256 g/mol. The van der Waals surface area contributed by atoms with Gasteiger partial charge in [-0.25, -0.2) is 0 Å². The minimum absolute atomic E-state index is 0.199. The smallest absolute Gasteiger partial charge is 0.258 e. The fraction of sp³-hybridized carbons (Fsp3) is 0.400. The summed E-state index contributed by atoms with van der Waals surface area (Å²) in [6, 6.07) is 5.17. The molecule has 0 amide bonds. The van der Waals surface area contributed by atoms with Crippen molar-refractivity contribution in [1.82, 2.24) is 0 Å². The second-order valence-electron chi connectivity index (χ2n) is 3.55. The Labute approximate surface area is 90.4 Å². The van der Waals surface area contributed by atoms with E-state index in [1.54, 1.807) is 12.1 Å². The predicted octanol–water partition coefficient (Wildman–Crippen LogP) is 2.85. The summed E-state index contributed by atoms with van der Waals surface area (Å²) in [5.74, 6) is 0. The van der Waals surface area contributed by atoms with Gasteiger partial charge in [-0.05, 0) is 30.4 Å². The van der Waals surface area contributed by atoms with Gasteiger partial charge in [-0.2, -0.15) is 0 Å². The zero-order chi connectivity index (χ0) is 10.1. The summed E-state index contributed by atoms with van der Waals surface area (Å²) >= 11 is 3.55. The zero-order valence-corrected chi connectivity index (χ0v) is 9.16. The normalized spacial score (nSPS) is 20.2. The van der Waals surface area contributed by atoms with Crippen LogP contribution in [0.2, 0.25) is 0 Å².